The highest BCUT2D eigenvalue weighted by molar-refractivity contribution is 5.59. The highest BCUT2D eigenvalue weighted by atomic mass is 16.5. The minimum Gasteiger partial charge on any atom is -0.383 e. The van der Waals surface area contributed by atoms with Crippen LogP contribution in [0.25, 0.3) is 11.3 Å². The molecule has 0 fully saturated rings. The van der Waals surface area contributed by atoms with Crippen LogP contribution in [-0.2, 0) is 18.3 Å². The molecule has 0 unspecified atom stereocenters. The number of rotatable bonds is 6. The van der Waals surface area contributed by atoms with E-state index in [1.807, 2.05) is 37.3 Å². The molecule has 0 spiro atoms. The molecule has 0 aliphatic rings. The molecule has 2 aromatic rings. The Kier molecular flexibility index (Phi) is 5.25. The largest absolute Gasteiger partial charge is 0.383 e. The Labute approximate surface area is 124 Å². The molecule has 21 heavy (non-hydrogen) atoms. The average molecular weight is 287 g/mol. The lowest BCUT2D eigenvalue weighted by molar-refractivity contribution is 0.199. The van der Waals surface area contributed by atoms with Crippen molar-refractivity contribution in [1.29, 1.82) is 0 Å². The molecule has 0 atom stereocenters. The Morgan fingerprint density at radius 1 is 1.29 bits per heavy atom. The van der Waals surface area contributed by atoms with E-state index in [0.717, 1.165) is 11.3 Å². The van der Waals surface area contributed by atoms with Gasteiger partial charge in [0.25, 0.3) is 5.56 Å². The smallest absolute Gasteiger partial charge is 0.271 e. The summed E-state index contributed by atoms with van der Waals surface area (Å²) in [6, 6.07) is 9.97. The van der Waals surface area contributed by atoms with Gasteiger partial charge in [-0.15, -0.1) is 0 Å². The lowest BCUT2D eigenvalue weighted by atomic mass is 10.1. The van der Waals surface area contributed by atoms with Crippen LogP contribution in [0.4, 0.5) is 0 Å². The average Bonchev–Trinajstić information content (AvgIpc) is 2.48. The molecule has 0 aliphatic carbocycles. The third-order valence-electron chi connectivity index (χ3n) is 3.28. The van der Waals surface area contributed by atoms with Gasteiger partial charge >= 0.3 is 0 Å². The SMILES string of the molecule is COCCNCc1cc(-c2ccc(C)cc2)nn(C)c1=O. The highest BCUT2D eigenvalue weighted by Gasteiger charge is 2.07. The Hall–Kier alpha value is -1.98. The second-order valence-corrected chi connectivity index (χ2v) is 5.02. The molecule has 1 heterocycles. The van der Waals surface area contributed by atoms with E-state index in [0.29, 0.717) is 25.3 Å². The molecule has 5 nitrogen and oxygen atoms in total. The molecule has 1 aromatic heterocycles. The third-order valence-corrected chi connectivity index (χ3v) is 3.28. The van der Waals surface area contributed by atoms with Crippen molar-refractivity contribution < 1.29 is 4.74 Å². The zero-order chi connectivity index (χ0) is 15.2. The zero-order valence-corrected chi connectivity index (χ0v) is 12.7. The number of nitrogens with zero attached hydrogens (tertiary/aromatic N) is 2. The third kappa shape index (κ3) is 4.00. The molecule has 0 saturated heterocycles. The quantitative estimate of drug-likeness (QED) is 0.818. The summed E-state index contributed by atoms with van der Waals surface area (Å²) in [7, 11) is 3.33. The summed E-state index contributed by atoms with van der Waals surface area (Å²) < 4.78 is 6.37. The van der Waals surface area contributed by atoms with Crippen LogP contribution < -0.4 is 10.9 Å². The number of nitrogens with one attached hydrogen (secondary N) is 1. The van der Waals surface area contributed by atoms with Crippen molar-refractivity contribution in [3.05, 3.63) is 51.8 Å². The Morgan fingerprint density at radius 3 is 2.67 bits per heavy atom. The predicted molar refractivity (Wildman–Crippen MR) is 83.2 cm³/mol. The molecule has 0 bridgehead atoms. The van der Waals surface area contributed by atoms with Gasteiger partial charge in [0.2, 0.25) is 0 Å². The Bertz CT molecular complexity index is 648. The van der Waals surface area contributed by atoms with Crippen LogP contribution in [0.1, 0.15) is 11.1 Å². The minimum absolute atomic E-state index is 0.0734. The van der Waals surface area contributed by atoms with Crippen molar-refractivity contribution in [2.75, 3.05) is 20.3 Å². The maximum atomic E-state index is 12.1. The lowest BCUT2D eigenvalue weighted by Crippen LogP contribution is -2.28. The number of ether oxygens (including phenoxy) is 1. The molecule has 0 aliphatic heterocycles. The van der Waals surface area contributed by atoms with Crippen molar-refractivity contribution in [2.45, 2.75) is 13.5 Å². The molecule has 1 N–H and O–H groups in total. The molecule has 2 rings (SSSR count). The second kappa shape index (κ2) is 7.15. The van der Waals surface area contributed by atoms with Crippen LogP contribution in [0.2, 0.25) is 0 Å². The fourth-order valence-electron chi connectivity index (χ4n) is 2.06. The Balaban J connectivity index is 2.25. The maximum Gasteiger partial charge on any atom is 0.271 e. The summed E-state index contributed by atoms with van der Waals surface area (Å²) in [4.78, 5) is 12.1. The normalized spacial score (nSPS) is 10.8. The summed E-state index contributed by atoms with van der Waals surface area (Å²) in [6.07, 6.45) is 0. The maximum absolute atomic E-state index is 12.1. The van der Waals surface area contributed by atoms with E-state index >= 15 is 0 Å². The number of hydrogen-bond donors (Lipinski definition) is 1. The van der Waals surface area contributed by atoms with Crippen LogP contribution in [0.15, 0.2) is 35.1 Å². The van der Waals surface area contributed by atoms with E-state index in [1.54, 1.807) is 14.2 Å². The molecular weight excluding hydrogens is 266 g/mol. The van der Waals surface area contributed by atoms with Crippen molar-refractivity contribution in [2.24, 2.45) is 7.05 Å². The fraction of sp³-hybridized carbons (Fsp3) is 0.375. The zero-order valence-electron chi connectivity index (χ0n) is 12.7. The van der Waals surface area contributed by atoms with Crippen LogP contribution in [0.5, 0.6) is 0 Å². The van der Waals surface area contributed by atoms with Gasteiger partial charge in [-0.3, -0.25) is 4.79 Å². The van der Waals surface area contributed by atoms with Crippen LogP contribution in [0.3, 0.4) is 0 Å². The number of aromatic nitrogens is 2. The monoisotopic (exact) mass is 287 g/mol. The molecular formula is C16H21N3O2. The van der Waals surface area contributed by atoms with Gasteiger partial charge in [0.15, 0.2) is 0 Å². The van der Waals surface area contributed by atoms with Gasteiger partial charge in [-0.1, -0.05) is 29.8 Å². The van der Waals surface area contributed by atoms with Crippen molar-refractivity contribution >= 4 is 0 Å². The molecule has 0 saturated carbocycles. The first-order valence-corrected chi connectivity index (χ1v) is 6.95. The predicted octanol–water partition coefficient (Wildman–Crippen LogP) is 1.49. The Morgan fingerprint density at radius 2 is 2.00 bits per heavy atom. The van der Waals surface area contributed by atoms with Crippen molar-refractivity contribution in [1.82, 2.24) is 15.1 Å². The van der Waals surface area contributed by atoms with E-state index in [9.17, 15) is 4.79 Å². The second-order valence-electron chi connectivity index (χ2n) is 5.02. The summed E-state index contributed by atoms with van der Waals surface area (Å²) in [5.41, 5.74) is 3.65. The van der Waals surface area contributed by atoms with Crippen molar-refractivity contribution in [3.63, 3.8) is 0 Å². The van der Waals surface area contributed by atoms with Crippen LogP contribution >= 0.6 is 0 Å². The summed E-state index contributed by atoms with van der Waals surface area (Å²) in [6.45, 7) is 3.89. The van der Waals surface area contributed by atoms with E-state index in [2.05, 4.69) is 10.4 Å². The molecule has 112 valence electrons. The standard InChI is InChI=1S/C16H21N3O2/c1-12-4-6-13(7-5-12)15-10-14(11-17-8-9-21-3)16(20)19(2)18-15/h4-7,10,17H,8-9,11H2,1-3H3. The van der Waals surface area contributed by atoms with Gasteiger partial charge in [-0.2, -0.15) is 5.10 Å². The number of hydrogen-bond acceptors (Lipinski definition) is 4. The van der Waals surface area contributed by atoms with Gasteiger partial charge in [0, 0.05) is 38.4 Å². The number of benzene rings is 1. The summed E-state index contributed by atoms with van der Waals surface area (Å²) >= 11 is 0. The van der Waals surface area contributed by atoms with E-state index in [1.165, 1.54) is 10.2 Å². The van der Waals surface area contributed by atoms with E-state index < -0.39 is 0 Å². The molecule has 5 heteroatoms. The lowest BCUT2D eigenvalue weighted by Gasteiger charge is -2.09. The first-order valence-electron chi connectivity index (χ1n) is 6.95. The summed E-state index contributed by atoms with van der Waals surface area (Å²) in [5, 5.41) is 7.52. The molecule has 0 radical (unpaired) electrons. The van der Waals surface area contributed by atoms with Gasteiger partial charge in [-0.25, -0.2) is 4.68 Å². The van der Waals surface area contributed by atoms with E-state index in [-0.39, 0.29) is 5.56 Å². The fourth-order valence-corrected chi connectivity index (χ4v) is 2.06. The topological polar surface area (TPSA) is 56.1 Å². The van der Waals surface area contributed by atoms with Crippen LogP contribution in [0, 0.1) is 6.92 Å². The van der Waals surface area contributed by atoms with Crippen LogP contribution in [-0.4, -0.2) is 30.0 Å². The first kappa shape index (κ1) is 15.4. The van der Waals surface area contributed by atoms with Gasteiger partial charge in [0.1, 0.15) is 0 Å². The number of aryl methyl sites for hydroxylation is 2. The first-order chi connectivity index (χ1) is 10.1. The van der Waals surface area contributed by atoms with E-state index in [4.69, 9.17) is 4.74 Å². The van der Waals surface area contributed by atoms with Gasteiger partial charge < -0.3 is 10.1 Å². The molecule has 0 amide bonds. The minimum atomic E-state index is -0.0734. The van der Waals surface area contributed by atoms with Gasteiger partial charge in [-0.05, 0) is 13.0 Å². The summed E-state index contributed by atoms with van der Waals surface area (Å²) in [5.74, 6) is 0. The highest BCUT2D eigenvalue weighted by Crippen LogP contribution is 2.17. The number of methoxy groups -OCH3 is 1. The van der Waals surface area contributed by atoms with Gasteiger partial charge in [0.05, 0.1) is 12.3 Å². The van der Waals surface area contributed by atoms with Crippen molar-refractivity contribution in [3.8, 4) is 11.3 Å². The molecule has 1 aromatic carbocycles.